The highest BCUT2D eigenvalue weighted by atomic mass is 19.1. The summed E-state index contributed by atoms with van der Waals surface area (Å²) in [6.45, 7) is 0.467. The number of hydrogen-bond acceptors (Lipinski definition) is 4. The second-order valence-corrected chi connectivity index (χ2v) is 4.39. The molecular formula is C12H17F3N2O2. The van der Waals surface area contributed by atoms with Gasteiger partial charge in [-0.1, -0.05) is 0 Å². The summed E-state index contributed by atoms with van der Waals surface area (Å²) in [6.07, 6.45) is -4.06. The van der Waals surface area contributed by atoms with Crippen LogP contribution in [0, 0.1) is 0 Å². The molecular weight excluding hydrogens is 261 g/mol. The molecule has 7 heteroatoms. The van der Waals surface area contributed by atoms with Crippen molar-refractivity contribution in [2.24, 2.45) is 0 Å². The van der Waals surface area contributed by atoms with Crippen molar-refractivity contribution in [2.45, 2.75) is 44.4 Å². The lowest BCUT2D eigenvalue weighted by Crippen LogP contribution is -2.27. The number of halogens is 3. The van der Waals surface area contributed by atoms with Crippen LogP contribution in [-0.4, -0.2) is 45.2 Å². The molecule has 0 radical (unpaired) electrons. The Morgan fingerprint density at radius 1 is 1.21 bits per heavy atom. The van der Waals surface area contributed by atoms with Crippen LogP contribution in [0.4, 0.5) is 13.2 Å². The minimum absolute atomic E-state index is 0.00157. The molecule has 2 N–H and O–H groups in total. The first-order valence-electron chi connectivity index (χ1n) is 5.96. The highest BCUT2D eigenvalue weighted by Gasteiger charge is 2.19. The van der Waals surface area contributed by atoms with E-state index in [1.165, 1.54) is 13.1 Å². The standard InChI is InChI=1S/C12H17F3N2O2/c1-7(13)2-9(14)11-5-16-8(4-17-11)3-12(19)10(15)6-18/h4-5,7,9-10,12,18-19H,2-3,6H2,1H3/t7-,9-,10-,12+/m1/s1. The van der Waals surface area contributed by atoms with Gasteiger partial charge in [0.1, 0.15) is 18.5 Å². The molecule has 0 unspecified atom stereocenters. The van der Waals surface area contributed by atoms with Crippen LogP contribution < -0.4 is 0 Å². The Hall–Kier alpha value is -1.21. The van der Waals surface area contributed by atoms with E-state index in [1.807, 2.05) is 0 Å². The Labute approximate surface area is 109 Å². The minimum atomic E-state index is -1.76. The summed E-state index contributed by atoms with van der Waals surface area (Å²) in [5.74, 6) is 0. The molecule has 0 spiro atoms. The molecule has 0 aliphatic rings. The van der Waals surface area contributed by atoms with E-state index in [4.69, 9.17) is 5.11 Å². The zero-order chi connectivity index (χ0) is 14.4. The lowest BCUT2D eigenvalue weighted by atomic mass is 10.1. The van der Waals surface area contributed by atoms with E-state index < -0.39 is 31.2 Å². The Morgan fingerprint density at radius 3 is 2.37 bits per heavy atom. The van der Waals surface area contributed by atoms with Gasteiger partial charge in [-0.2, -0.15) is 0 Å². The van der Waals surface area contributed by atoms with Gasteiger partial charge in [-0.3, -0.25) is 9.97 Å². The summed E-state index contributed by atoms with van der Waals surface area (Å²) in [5, 5.41) is 17.9. The van der Waals surface area contributed by atoms with E-state index in [2.05, 4.69) is 9.97 Å². The molecule has 1 heterocycles. The van der Waals surface area contributed by atoms with Crippen molar-refractivity contribution >= 4 is 0 Å². The fraction of sp³-hybridized carbons (Fsp3) is 0.667. The van der Waals surface area contributed by atoms with Gasteiger partial charge in [0.15, 0.2) is 0 Å². The molecule has 0 aliphatic carbocycles. The van der Waals surface area contributed by atoms with Crippen LogP contribution in [0.2, 0.25) is 0 Å². The molecule has 108 valence electrons. The Bertz CT molecular complexity index is 376. The first-order chi connectivity index (χ1) is 8.93. The van der Waals surface area contributed by atoms with Crippen LogP contribution in [0.15, 0.2) is 12.4 Å². The SMILES string of the molecule is C[C@@H](F)C[C@@H](F)c1cnc(C[C@H](O)[C@H](F)CO)cn1. The zero-order valence-electron chi connectivity index (χ0n) is 10.5. The van der Waals surface area contributed by atoms with Crippen molar-refractivity contribution in [1.82, 2.24) is 9.97 Å². The highest BCUT2D eigenvalue weighted by molar-refractivity contribution is 5.06. The fourth-order valence-electron chi connectivity index (χ4n) is 1.50. The van der Waals surface area contributed by atoms with Gasteiger partial charge in [0.05, 0.1) is 30.3 Å². The Morgan fingerprint density at radius 2 is 1.89 bits per heavy atom. The molecule has 0 saturated carbocycles. The Kier molecular flexibility index (Phi) is 6.17. The van der Waals surface area contributed by atoms with Crippen LogP contribution in [0.1, 0.15) is 30.9 Å². The number of aromatic nitrogens is 2. The molecule has 4 nitrogen and oxygen atoms in total. The fourth-order valence-corrected chi connectivity index (χ4v) is 1.50. The van der Waals surface area contributed by atoms with Crippen molar-refractivity contribution in [3.63, 3.8) is 0 Å². The lowest BCUT2D eigenvalue weighted by Gasteiger charge is -2.13. The zero-order valence-corrected chi connectivity index (χ0v) is 10.5. The van der Waals surface area contributed by atoms with E-state index in [-0.39, 0.29) is 24.2 Å². The average molecular weight is 278 g/mol. The predicted octanol–water partition coefficient (Wildman–Crippen LogP) is 1.47. The first kappa shape index (κ1) is 15.8. The van der Waals surface area contributed by atoms with E-state index in [9.17, 15) is 18.3 Å². The largest absolute Gasteiger partial charge is 0.393 e. The maximum atomic E-state index is 13.5. The van der Waals surface area contributed by atoms with Crippen molar-refractivity contribution in [2.75, 3.05) is 6.61 Å². The monoisotopic (exact) mass is 278 g/mol. The lowest BCUT2D eigenvalue weighted by molar-refractivity contribution is 0.0400. The molecule has 0 bridgehead atoms. The summed E-state index contributed by atoms with van der Waals surface area (Å²) < 4.78 is 39.0. The summed E-state index contributed by atoms with van der Waals surface area (Å²) in [7, 11) is 0. The molecule has 4 atom stereocenters. The van der Waals surface area contributed by atoms with Crippen molar-refractivity contribution in [1.29, 1.82) is 0 Å². The van der Waals surface area contributed by atoms with Crippen molar-refractivity contribution < 1.29 is 23.4 Å². The maximum absolute atomic E-state index is 13.5. The number of alkyl halides is 3. The summed E-state index contributed by atoms with van der Waals surface area (Å²) in [5.41, 5.74) is 0.273. The molecule has 0 aromatic carbocycles. The van der Waals surface area contributed by atoms with E-state index in [1.54, 1.807) is 0 Å². The molecule has 0 aliphatic heterocycles. The van der Waals surface area contributed by atoms with Gasteiger partial charge in [0, 0.05) is 19.0 Å². The summed E-state index contributed by atoms with van der Waals surface area (Å²) >= 11 is 0. The average Bonchev–Trinajstić information content (AvgIpc) is 2.37. The third kappa shape index (κ3) is 5.12. The molecule has 1 aromatic heterocycles. The topological polar surface area (TPSA) is 66.2 Å². The third-order valence-corrected chi connectivity index (χ3v) is 2.59. The summed E-state index contributed by atoms with van der Waals surface area (Å²) in [4.78, 5) is 7.60. The second kappa shape index (κ2) is 7.40. The summed E-state index contributed by atoms with van der Waals surface area (Å²) in [6, 6.07) is 0. The van der Waals surface area contributed by atoms with Gasteiger partial charge in [-0.25, -0.2) is 13.2 Å². The molecule has 0 saturated heterocycles. The van der Waals surface area contributed by atoms with E-state index in [0.717, 1.165) is 6.20 Å². The smallest absolute Gasteiger partial charge is 0.149 e. The second-order valence-electron chi connectivity index (χ2n) is 4.39. The van der Waals surface area contributed by atoms with Crippen LogP contribution in [-0.2, 0) is 6.42 Å². The van der Waals surface area contributed by atoms with Gasteiger partial charge in [0.25, 0.3) is 0 Å². The third-order valence-electron chi connectivity index (χ3n) is 2.59. The van der Waals surface area contributed by atoms with Gasteiger partial charge in [0.2, 0.25) is 0 Å². The quantitative estimate of drug-likeness (QED) is 0.792. The molecule has 1 aromatic rings. The van der Waals surface area contributed by atoms with Gasteiger partial charge >= 0.3 is 0 Å². The minimum Gasteiger partial charge on any atom is -0.393 e. The van der Waals surface area contributed by atoms with Crippen molar-refractivity contribution in [3.05, 3.63) is 23.8 Å². The highest BCUT2D eigenvalue weighted by Crippen LogP contribution is 2.21. The van der Waals surface area contributed by atoms with E-state index >= 15 is 0 Å². The predicted molar refractivity (Wildman–Crippen MR) is 62.8 cm³/mol. The number of rotatable bonds is 7. The van der Waals surface area contributed by atoms with Gasteiger partial charge in [-0.05, 0) is 6.92 Å². The van der Waals surface area contributed by atoms with Gasteiger partial charge in [-0.15, -0.1) is 0 Å². The van der Waals surface area contributed by atoms with Crippen LogP contribution >= 0.6 is 0 Å². The maximum Gasteiger partial charge on any atom is 0.149 e. The first-order valence-corrected chi connectivity index (χ1v) is 5.96. The van der Waals surface area contributed by atoms with Crippen molar-refractivity contribution in [3.8, 4) is 0 Å². The normalized spacial score (nSPS) is 17.8. The van der Waals surface area contributed by atoms with E-state index in [0.29, 0.717) is 0 Å². The molecule has 19 heavy (non-hydrogen) atoms. The number of nitrogens with zero attached hydrogens (tertiary/aromatic N) is 2. The Balaban J connectivity index is 2.61. The number of aliphatic hydroxyl groups is 2. The van der Waals surface area contributed by atoms with Crippen LogP contribution in [0.3, 0.4) is 0 Å². The van der Waals surface area contributed by atoms with Crippen LogP contribution in [0.25, 0.3) is 0 Å². The number of hydrogen-bond donors (Lipinski definition) is 2. The number of aliphatic hydroxyl groups excluding tert-OH is 2. The molecule has 1 rings (SSSR count). The van der Waals surface area contributed by atoms with Crippen LogP contribution in [0.5, 0.6) is 0 Å². The molecule has 0 fully saturated rings. The van der Waals surface area contributed by atoms with Gasteiger partial charge < -0.3 is 10.2 Å². The molecule has 0 amide bonds.